The molecule has 288 valence electrons. The molecule has 0 spiro atoms. The highest BCUT2D eigenvalue weighted by Crippen LogP contribution is 2.70. The number of hydrogen-bond donors (Lipinski definition) is 0. The van der Waals surface area contributed by atoms with Crippen molar-refractivity contribution in [3.8, 4) is 0 Å². The first-order chi connectivity index (χ1) is 24.0. The molecule has 0 aromatic rings. The van der Waals surface area contributed by atoms with Gasteiger partial charge in [0.1, 0.15) is 0 Å². The van der Waals surface area contributed by atoms with Gasteiger partial charge in [0, 0.05) is 0 Å². The van der Waals surface area contributed by atoms with Crippen molar-refractivity contribution < 1.29 is 0 Å². The third kappa shape index (κ3) is 6.47. The first kappa shape index (κ1) is 38.3. The molecular weight excluding hydrogens is 601 g/mol. The Labute approximate surface area is 314 Å². The molecule has 0 aromatic carbocycles. The largest absolute Gasteiger partial charge is 0.0654 e. The van der Waals surface area contributed by atoms with Crippen molar-refractivity contribution in [2.45, 2.75) is 222 Å². The van der Waals surface area contributed by atoms with Gasteiger partial charge in [-0.3, -0.25) is 0 Å². The van der Waals surface area contributed by atoms with Gasteiger partial charge in [-0.1, -0.05) is 120 Å². The van der Waals surface area contributed by atoms with E-state index in [0.717, 1.165) is 71.0 Å². The van der Waals surface area contributed by atoms with Gasteiger partial charge in [-0.2, -0.15) is 0 Å². The molecule has 8 fully saturated rings. The van der Waals surface area contributed by atoms with E-state index < -0.39 is 0 Å². The summed E-state index contributed by atoms with van der Waals surface area (Å²) in [6, 6.07) is 0. The second-order valence-electron chi connectivity index (χ2n) is 22.5. The van der Waals surface area contributed by atoms with Gasteiger partial charge in [-0.25, -0.2) is 0 Å². The van der Waals surface area contributed by atoms with Crippen LogP contribution in [-0.4, -0.2) is 0 Å². The minimum Gasteiger partial charge on any atom is -0.0654 e. The van der Waals surface area contributed by atoms with E-state index in [-0.39, 0.29) is 0 Å². The summed E-state index contributed by atoms with van der Waals surface area (Å²) in [5.74, 6) is 12.6. The molecule has 0 amide bonds. The van der Waals surface area contributed by atoms with E-state index in [1.165, 1.54) is 77.0 Å². The van der Waals surface area contributed by atoms with Gasteiger partial charge in [-0.05, 0) is 195 Å². The van der Waals surface area contributed by atoms with Crippen LogP contribution in [0.15, 0.2) is 0 Å². The molecule has 8 aliphatic rings. The van der Waals surface area contributed by atoms with Crippen LogP contribution in [0.1, 0.15) is 222 Å². The Hall–Kier alpha value is 0. The lowest BCUT2D eigenvalue weighted by molar-refractivity contribution is -0.134. The van der Waals surface area contributed by atoms with Crippen LogP contribution in [0.25, 0.3) is 0 Å². The van der Waals surface area contributed by atoms with E-state index in [9.17, 15) is 0 Å². The van der Waals surface area contributed by atoms with Crippen molar-refractivity contribution in [1.29, 1.82) is 0 Å². The van der Waals surface area contributed by atoms with Crippen LogP contribution >= 0.6 is 0 Å². The van der Waals surface area contributed by atoms with Crippen LogP contribution in [-0.2, 0) is 0 Å². The summed E-state index contributed by atoms with van der Waals surface area (Å²) in [6.45, 7) is 21.0. The molecule has 0 aromatic heterocycles. The molecule has 0 N–H and O–H groups in total. The highest BCUT2D eigenvalue weighted by Gasteiger charge is 2.62. The van der Waals surface area contributed by atoms with Crippen LogP contribution in [0.3, 0.4) is 0 Å². The first-order valence-corrected chi connectivity index (χ1v) is 24.0. The Morgan fingerprint density at radius 2 is 0.820 bits per heavy atom. The second kappa shape index (κ2) is 15.3. The van der Waals surface area contributed by atoms with Gasteiger partial charge in [0.15, 0.2) is 0 Å². The molecule has 50 heavy (non-hydrogen) atoms. The molecule has 0 heterocycles. The molecule has 0 saturated heterocycles. The van der Waals surface area contributed by atoms with E-state index in [1.54, 1.807) is 89.9 Å². The summed E-state index contributed by atoms with van der Waals surface area (Å²) in [7, 11) is 0. The summed E-state index contributed by atoms with van der Waals surface area (Å²) >= 11 is 0. The van der Waals surface area contributed by atoms with Crippen molar-refractivity contribution in [1.82, 2.24) is 0 Å². The highest BCUT2D eigenvalue weighted by atomic mass is 14.7. The molecule has 16 unspecified atom stereocenters. The average Bonchev–Trinajstić information content (AvgIpc) is 3.61. The Bertz CT molecular complexity index is 1020. The molecule has 0 nitrogen and oxygen atoms in total. The molecular formula is C50H88. The zero-order chi connectivity index (χ0) is 35.3. The van der Waals surface area contributed by atoms with Gasteiger partial charge in [-0.15, -0.1) is 0 Å². The monoisotopic (exact) mass is 689 g/mol. The standard InChI is InChI=1S/2C25H44/c2*1-5-6-7-10-19-12-13-21-23-18(2)17-20-11-8-9-15-24(20,3)22(23)14-16-25(19,21)4/h2*18-23H,5-17H2,1-4H3. The van der Waals surface area contributed by atoms with Gasteiger partial charge in [0.25, 0.3) is 0 Å². The predicted octanol–water partition coefficient (Wildman–Crippen LogP) is 15.7. The lowest BCUT2D eigenvalue weighted by Crippen LogP contribution is -2.55. The van der Waals surface area contributed by atoms with E-state index in [2.05, 4.69) is 55.4 Å². The fraction of sp³-hybridized carbons (Fsp3) is 1.00. The maximum atomic E-state index is 2.74. The van der Waals surface area contributed by atoms with Crippen LogP contribution < -0.4 is 0 Å². The summed E-state index contributed by atoms with van der Waals surface area (Å²) < 4.78 is 0. The Morgan fingerprint density at radius 3 is 1.22 bits per heavy atom. The lowest BCUT2D eigenvalue weighted by Gasteiger charge is -2.62. The highest BCUT2D eigenvalue weighted by molar-refractivity contribution is 5.11. The SMILES string of the molecule is CCCCCC1CCC2C3C(C)CC4CCCCC4(C)C3CCC12C.CCCCCC1CCC2C3C(C)CC4CCCCC4(C)C3CCC12C. The third-order valence-electron chi connectivity index (χ3n) is 20.6. The van der Waals surface area contributed by atoms with Crippen LogP contribution in [0.2, 0.25) is 0 Å². The number of hydrogen-bond acceptors (Lipinski definition) is 0. The molecule has 16 atom stereocenters. The number of unbranched alkanes of at least 4 members (excludes halogenated alkanes) is 4. The summed E-state index contributed by atoms with van der Waals surface area (Å²) in [5, 5.41) is 0. The van der Waals surface area contributed by atoms with Crippen molar-refractivity contribution in [2.75, 3.05) is 0 Å². The summed E-state index contributed by atoms with van der Waals surface area (Å²) in [5.41, 5.74) is 2.80. The Kier molecular flexibility index (Phi) is 11.7. The number of fused-ring (bicyclic) bond motifs is 10. The zero-order valence-corrected chi connectivity index (χ0v) is 35.3. The molecule has 8 rings (SSSR count). The van der Waals surface area contributed by atoms with Crippen molar-refractivity contribution >= 4 is 0 Å². The van der Waals surface area contributed by atoms with Gasteiger partial charge in [0.2, 0.25) is 0 Å². The maximum absolute atomic E-state index is 2.74. The summed E-state index contributed by atoms with van der Waals surface area (Å²) in [6.07, 6.45) is 39.6. The van der Waals surface area contributed by atoms with Gasteiger partial charge >= 0.3 is 0 Å². The second-order valence-corrected chi connectivity index (χ2v) is 22.5. The molecule has 0 bridgehead atoms. The van der Waals surface area contributed by atoms with Gasteiger partial charge in [0.05, 0.1) is 0 Å². The smallest absolute Gasteiger partial charge is 0.0266 e. The first-order valence-electron chi connectivity index (χ1n) is 24.0. The fourth-order valence-corrected chi connectivity index (χ4v) is 17.8. The van der Waals surface area contributed by atoms with Crippen molar-refractivity contribution in [3.05, 3.63) is 0 Å². The molecule has 8 aliphatic carbocycles. The Balaban J connectivity index is 0.000000157. The molecule has 0 heteroatoms. The van der Waals surface area contributed by atoms with E-state index in [4.69, 9.17) is 0 Å². The lowest BCUT2D eigenvalue weighted by atomic mass is 9.43. The van der Waals surface area contributed by atoms with Crippen LogP contribution in [0.4, 0.5) is 0 Å². The van der Waals surface area contributed by atoms with E-state index in [0.29, 0.717) is 21.7 Å². The van der Waals surface area contributed by atoms with Gasteiger partial charge < -0.3 is 0 Å². The molecule has 0 aliphatic heterocycles. The van der Waals surface area contributed by atoms with Crippen molar-refractivity contribution in [2.24, 2.45) is 92.7 Å². The van der Waals surface area contributed by atoms with E-state index in [1.807, 2.05) is 0 Å². The zero-order valence-electron chi connectivity index (χ0n) is 35.3. The van der Waals surface area contributed by atoms with Crippen LogP contribution in [0.5, 0.6) is 0 Å². The third-order valence-corrected chi connectivity index (χ3v) is 20.6. The average molecular weight is 689 g/mol. The number of rotatable bonds is 8. The predicted molar refractivity (Wildman–Crippen MR) is 217 cm³/mol. The quantitative estimate of drug-likeness (QED) is 0.223. The molecule has 0 radical (unpaired) electrons. The maximum Gasteiger partial charge on any atom is -0.0266 e. The van der Waals surface area contributed by atoms with E-state index >= 15 is 0 Å². The summed E-state index contributed by atoms with van der Waals surface area (Å²) in [4.78, 5) is 0. The normalized spacial score (nSPS) is 52.3. The minimum atomic E-state index is 0.695. The minimum absolute atomic E-state index is 0.695. The topological polar surface area (TPSA) is 0 Å². The van der Waals surface area contributed by atoms with Crippen LogP contribution in [0, 0.1) is 92.7 Å². The molecule has 8 saturated carbocycles. The Morgan fingerprint density at radius 1 is 0.420 bits per heavy atom. The van der Waals surface area contributed by atoms with Crippen molar-refractivity contribution in [3.63, 3.8) is 0 Å². The fourth-order valence-electron chi connectivity index (χ4n) is 17.8.